The number of pyridine rings is 2. The number of halogens is 1. The molecule has 0 radical (unpaired) electrons. The molecule has 0 bridgehead atoms. The summed E-state index contributed by atoms with van der Waals surface area (Å²) in [6, 6.07) is 6.50. The van der Waals surface area contributed by atoms with Gasteiger partial charge in [0, 0.05) is 37.0 Å². The number of rotatable bonds is 6. The van der Waals surface area contributed by atoms with Gasteiger partial charge in [-0.1, -0.05) is 0 Å². The molecule has 4 aromatic heterocycles. The van der Waals surface area contributed by atoms with Crippen molar-refractivity contribution in [2.24, 2.45) is 5.92 Å². The molecule has 0 spiro atoms. The maximum Gasteiger partial charge on any atom is 0.228 e. The maximum atomic E-state index is 13.2. The van der Waals surface area contributed by atoms with Crippen LogP contribution in [0, 0.1) is 30.0 Å². The molecule has 6 heterocycles. The molecule has 1 amide bonds. The number of hydrogen-bond donors (Lipinski definition) is 2. The van der Waals surface area contributed by atoms with E-state index in [-0.39, 0.29) is 24.1 Å². The van der Waals surface area contributed by atoms with Crippen molar-refractivity contribution in [2.75, 3.05) is 26.2 Å². The van der Waals surface area contributed by atoms with E-state index in [2.05, 4.69) is 21.5 Å². The van der Waals surface area contributed by atoms with Crippen LogP contribution in [0.4, 0.5) is 4.39 Å². The molecule has 0 aromatic carbocycles. The fourth-order valence-electron chi connectivity index (χ4n) is 4.87. The second-order valence-corrected chi connectivity index (χ2v) is 9.54. The first-order valence-corrected chi connectivity index (χ1v) is 12.3. The summed E-state index contributed by atoms with van der Waals surface area (Å²) in [6.45, 7) is 4.97. The van der Waals surface area contributed by atoms with Crippen LogP contribution in [-0.4, -0.2) is 66.5 Å². The number of aromatic nitrogens is 5. The molecule has 38 heavy (non-hydrogen) atoms. The fraction of sp³-hybridized carbons (Fsp3) is 0.346. The van der Waals surface area contributed by atoms with Crippen LogP contribution < -0.4 is 10.1 Å². The molecule has 0 saturated carbocycles. The van der Waals surface area contributed by atoms with Gasteiger partial charge in [0.2, 0.25) is 5.91 Å². The predicted octanol–water partition coefficient (Wildman–Crippen LogP) is 1.59. The minimum absolute atomic E-state index is 0.0426. The largest absolute Gasteiger partial charge is 0.488 e. The number of aliphatic hydroxyl groups excluding tert-OH is 1. The van der Waals surface area contributed by atoms with Crippen LogP contribution in [0.2, 0.25) is 0 Å². The van der Waals surface area contributed by atoms with Gasteiger partial charge in [0.15, 0.2) is 0 Å². The van der Waals surface area contributed by atoms with Gasteiger partial charge in [-0.3, -0.25) is 14.5 Å². The Morgan fingerprint density at radius 1 is 1.34 bits per heavy atom. The van der Waals surface area contributed by atoms with Crippen molar-refractivity contribution < 1.29 is 19.0 Å². The van der Waals surface area contributed by atoms with E-state index in [0.717, 1.165) is 41.8 Å². The predicted molar refractivity (Wildman–Crippen MR) is 132 cm³/mol. The summed E-state index contributed by atoms with van der Waals surface area (Å²) < 4.78 is 22.7. The Morgan fingerprint density at radius 3 is 2.89 bits per heavy atom. The SMILES string of the molecule is Cc1c(-c2cc(OCC(O)c3ccc(F)cn3)c3c(C#N)cnn3c2)nn2c1CN(C(=O)C1CNC1)CC2. The number of nitriles is 1. The van der Waals surface area contributed by atoms with Crippen LogP contribution in [0.1, 0.15) is 28.6 Å². The summed E-state index contributed by atoms with van der Waals surface area (Å²) in [5, 5.41) is 32.4. The molecule has 4 aromatic rings. The molecule has 1 fully saturated rings. The summed E-state index contributed by atoms with van der Waals surface area (Å²) >= 11 is 0. The van der Waals surface area contributed by atoms with E-state index < -0.39 is 11.9 Å². The standard InChI is InChI=1S/C26H25FN8O3/c1-15-21-13-33(26(37)18-8-29-9-18)4-5-34(21)32-24(15)16-6-23(25-17(7-28)10-31-35(25)12-16)38-14-22(36)20-3-2-19(27)11-30-20/h2-3,6,10-12,18,22,29,36H,4-5,8-9,13-14H2,1H3. The van der Waals surface area contributed by atoms with Gasteiger partial charge >= 0.3 is 0 Å². The molecule has 1 unspecified atom stereocenters. The number of fused-ring (bicyclic) bond motifs is 2. The van der Waals surface area contributed by atoms with Crippen LogP contribution >= 0.6 is 0 Å². The molecule has 6 rings (SSSR count). The van der Waals surface area contributed by atoms with Crippen molar-refractivity contribution in [2.45, 2.75) is 26.1 Å². The van der Waals surface area contributed by atoms with Crippen LogP contribution in [0.15, 0.2) is 36.8 Å². The lowest BCUT2D eigenvalue weighted by Gasteiger charge is -2.34. The highest BCUT2D eigenvalue weighted by molar-refractivity contribution is 5.80. The molecule has 11 nitrogen and oxygen atoms in total. The number of carbonyl (C=O) groups excluding carboxylic acids is 1. The highest BCUT2D eigenvalue weighted by atomic mass is 19.1. The average Bonchev–Trinajstić information content (AvgIpc) is 3.46. The second-order valence-electron chi connectivity index (χ2n) is 9.54. The van der Waals surface area contributed by atoms with Crippen LogP contribution in [0.5, 0.6) is 5.75 Å². The van der Waals surface area contributed by atoms with E-state index in [1.165, 1.54) is 18.3 Å². The Hall–Kier alpha value is -4.34. The summed E-state index contributed by atoms with van der Waals surface area (Å²) in [6.07, 6.45) is 3.16. The second kappa shape index (κ2) is 9.51. The fourth-order valence-corrected chi connectivity index (χ4v) is 4.87. The lowest BCUT2D eigenvalue weighted by molar-refractivity contribution is -0.138. The summed E-state index contributed by atoms with van der Waals surface area (Å²) in [4.78, 5) is 18.6. The Bertz CT molecular complexity index is 1570. The number of amides is 1. The lowest BCUT2D eigenvalue weighted by Crippen LogP contribution is -2.53. The zero-order valence-corrected chi connectivity index (χ0v) is 20.6. The van der Waals surface area contributed by atoms with Crippen LogP contribution in [-0.2, 0) is 17.9 Å². The van der Waals surface area contributed by atoms with Gasteiger partial charge in [-0.05, 0) is 25.1 Å². The van der Waals surface area contributed by atoms with Crippen molar-refractivity contribution in [3.8, 4) is 23.1 Å². The molecule has 2 aliphatic heterocycles. The summed E-state index contributed by atoms with van der Waals surface area (Å²) in [5.41, 5.74) is 4.41. The zero-order chi connectivity index (χ0) is 26.4. The topological polar surface area (TPSA) is 134 Å². The highest BCUT2D eigenvalue weighted by Gasteiger charge is 2.32. The smallest absolute Gasteiger partial charge is 0.228 e. The number of aliphatic hydroxyl groups is 1. The Morgan fingerprint density at radius 2 is 2.18 bits per heavy atom. The number of carbonyl (C=O) groups is 1. The third-order valence-corrected chi connectivity index (χ3v) is 7.14. The molecule has 2 aliphatic rings. The van der Waals surface area contributed by atoms with Crippen molar-refractivity contribution >= 4 is 11.4 Å². The molecular formula is C26H25FN8O3. The first-order chi connectivity index (χ1) is 18.4. The number of hydrogen-bond acceptors (Lipinski definition) is 8. The normalized spacial score (nSPS) is 16.1. The van der Waals surface area contributed by atoms with Gasteiger partial charge in [0.1, 0.15) is 41.4 Å². The van der Waals surface area contributed by atoms with E-state index in [1.807, 2.05) is 16.5 Å². The third-order valence-electron chi connectivity index (χ3n) is 7.14. The van der Waals surface area contributed by atoms with Gasteiger partial charge in [-0.25, -0.2) is 8.91 Å². The molecule has 1 atom stereocenters. The number of ether oxygens (including phenoxy) is 1. The highest BCUT2D eigenvalue weighted by Crippen LogP contribution is 2.33. The van der Waals surface area contributed by atoms with E-state index in [0.29, 0.717) is 36.5 Å². The van der Waals surface area contributed by atoms with Gasteiger partial charge in [-0.2, -0.15) is 15.5 Å². The lowest BCUT2D eigenvalue weighted by atomic mass is 10.0. The van der Waals surface area contributed by atoms with Crippen LogP contribution in [0.3, 0.4) is 0 Å². The molecular weight excluding hydrogens is 491 g/mol. The molecule has 1 saturated heterocycles. The zero-order valence-electron chi connectivity index (χ0n) is 20.6. The van der Waals surface area contributed by atoms with Crippen molar-refractivity contribution in [3.63, 3.8) is 0 Å². The van der Waals surface area contributed by atoms with Gasteiger partial charge in [0.25, 0.3) is 0 Å². The quantitative estimate of drug-likeness (QED) is 0.395. The third kappa shape index (κ3) is 4.15. The van der Waals surface area contributed by atoms with Gasteiger partial charge in [-0.15, -0.1) is 0 Å². The van der Waals surface area contributed by atoms with E-state index >= 15 is 0 Å². The Balaban J connectivity index is 1.31. The van der Waals surface area contributed by atoms with Crippen LogP contribution in [0.25, 0.3) is 16.8 Å². The maximum absolute atomic E-state index is 13.2. The summed E-state index contributed by atoms with van der Waals surface area (Å²) in [7, 11) is 0. The van der Waals surface area contributed by atoms with E-state index in [1.54, 1.807) is 16.8 Å². The van der Waals surface area contributed by atoms with E-state index in [4.69, 9.17) is 9.84 Å². The first-order valence-electron chi connectivity index (χ1n) is 12.3. The average molecular weight is 517 g/mol. The van der Waals surface area contributed by atoms with Crippen molar-refractivity contribution in [1.29, 1.82) is 5.26 Å². The van der Waals surface area contributed by atoms with Gasteiger partial charge in [0.05, 0.1) is 48.5 Å². The number of nitrogens with zero attached hydrogens (tertiary/aromatic N) is 7. The molecule has 12 heteroatoms. The Kier molecular flexibility index (Phi) is 6.01. The van der Waals surface area contributed by atoms with Crippen molar-refractivity contribution in [1.82, 2.24) is 34.6 Å². The minimum Gasteiger partial charge on any atom is -0.488 e. The van der Waals surface area contributed by atoms with Crippen molar-refractivity contribution in [3.05, 3.63) is 65.1 Å². The minimum atomic E-state index is -1.11. The molecule has 194 valence electrons. The number of nitrogens with one attached hydrogen (secondary N) is 1. The monoisotopic (exact) mass is 516 g/mol. The first kappa shape index (κ1) is 24.0. The summed E-state index contributed by atoms with van der Waals surface area (Å²) in [5.74, 6) is 0.0576. The molecule has 0 aliphatic carbocycles. The van der Waals surface area contributed by atoms with Gasteiger partial charge < -0.3 is 20.1 Å². The van der Waals surface area contributed by atoms with E-state index in [9.17, 15) is 19.6 Å². The molecule has 2 N–H and O–H groups in total. The Labute approximate surface area is 217 Å².